The van der Waals surface area contributed by atoms with Crippen molar-refractivity contribution in [2.75, 3.05) is 0 Å². The molecule has 5 nitrogen and oxygen atoms in total. The minimum Gasteiger partial charge on any atom is -0.423 e. The number of benzene rings is 2. The minimum absolute atomic E-state index is 0.0608. The maximum Gasteiger partial charge on any atom is 0.343 e. The summed E-state index contributed by atoms with van der Waals surface area (Å²) in [6.07, 6.45) is 18.8. The van der Waals surface area contributed by atoms with Crippen molar-refractivity contribution in [1.29, 1.82) is 0 Å². The number of hydrogen-bond donors (Lipinski definition) is 1. The van der Waals surface area contributed by atoms with Crippen LogP contribution in [-0.4, -0.2) is 18.1 Å². The molecule has 0 atom stereocenters. The van der Waals surface area contributed by atoms with Gasteiger partial charge in [-0.1, -0.05) is 99.9 Å². The molecule has 0 aliphatic heterocycles. The van der Waals surface area contributed by atoms with Crippen LogP contribution < -0.4 is 10.2 Å². The summed E-state index contributed by atoms with van der Waals surface area (Å²) >= 11 is 3.34. The first kappa shape index (κ1) is 29.8. The topological polar surface area (TPSA) is 67.8 Å². The molecular weight excluding hydrogens is 516 g/mol. The van der Waals surface area contributed by atoms with Gasteiger partial charge < -0.3 is 4.74 Å². The third-order valence-corrected chi connectivity index (χ3v) is 6.61. The smallest absolute Gasteiger partial charge is 0.343 e. The molecule has 0 aromatic heterocycles. The monoisotopic (exact) mass is 556 g/mol. The quantitative estimate of drug-likeness (QED) is 0.0656. The zero-order valence-corrected chi connectivity index (χ0v) is 23.2. The molecule has 0 spiro atoms. The number of hydrazone groups is 1. The van der Waals surface area contributed by atoms with Crippen molar-refractivity contribution in [2.24, 2.45) is 5.10 Å². The molecule has 0 aliphatic rings. The predicted octanol–water partition coefficient (Wildman–Crippen LogP) is 8.60. The third kappa shape index (κ3) is 13.6. The Balaban J connectivity index is 1.50. The maximum absolute atomic E-state index is 12.2. The number of esters is 1. The van der Waals surface area contributed by atoms with Gasteiger partial charge >= 0.3 is 5.97 Å². The molecule has 1 amide bonds. The fourth-order valence-corrected chi connectivity index (χ4v) is 4.18. The molecule has 196 valence electrons. The Kier molecular flexibility index (Phi) is 15.5. The molecule has 0 bridgehead atoms. The number of unbranched alkanes of at least 4 members (excludes halogenated alkanes) is 12. The van der Waals surface area contributed by atoms with Gasteiger partial charge in [0.05, 0.1) is 11.8 Å². The molecule has 2 aromatic carbocycles. The summed E-state index contributed by atoms with van der Waals surface area (Å²) in [4.78, 5) is 24.2. The first-order valence-corrected chi connectivity index (χ1v) is 14.3. The summed E-state index contributed by atoms with van der Waals surface area (Å²) in [5, 5.41) is 4.03. The number of ether oxygens (including phenoxy) is 1. The van der Waals surface area contributed by atoms with Crippen LogP contribution in [0.5, 0.6) is 5.75 Å². The number of hydrogen-bond acceptors (Lipinski definition) is 4. The number of halogens is 1. The van der Waals surface area contributed by atoms with Gasteiger partial charge in [-0.05, 0) is 60.5 Å². The van der Waals surface area contributed by atoms with Gasteiger partial charge in [-0.15, -0.1) is 0 Å². The lowest BCUT2D eigenvalue weighted by Gasteiger charge is -2.05. The van der Waals surface area contributed by atoms with Crippen LogP contribution in [-0.2, 0) is 4.79 Å². The maximum atomic E-state index is 12.2. The lowest BCUT2D eigenvalue weighted by atomic mass is 10.0. The van der Waals surface area contributed by atoms with Gasteiger partial charge in [-0.3, -0.25) is 4.79 Å². The predicted molar refractivity (Wildman–Crippen MR) is 152 cm³/mol. The highest BCUT2D eigenvalue weighted by Crippen LogP contribution is 2.16. The largest absolute Gasteiger partial charge is 0.423 e. The van der Waals surface area contributed by atoms with E-state index >= 15 is 0 Å². The van der Waals surface area contributed by atoms with Crippen molar-refractivity contribution >= 4 is 34.0 Å². The SMILES string of the molecule is CCCCCCCCCCCCCCCC(=O)N/N=C/c1ccc(OC(=O)c2ccc(Br)cc2)cc1. The van der Waals surface area contributed by atoms with Crippen LogP contribution in [0.2, 0.25) is 0 Å². The van der Waals surface area contributed by atoms with E-state index in [4.69, 9.17) is 4.74 Å². The Labute approximate surface area is 225 Å². The fraction of sp³-hybridized carbons (Fsp3) is 0.500. The summed E-state index contributed by atoms with van der Waals surface area (Å²) in [6.45, 7) is 2.26. The molecule has 0 radical (unpaired) electrons. The Bertz CT molecular complexity index is 911. The van der Waals surface area contributed by atoms with Crippen molar-refractivity contribution < 1.29 is 14.3 Å². The average molecular weight is 558 g/mol. The van der Waals surface area contributed by atoms with Gasteiger partial charge in [0.15, 0.2) is 0 Å². The van der Waals surface area contributed by atoms with E-state index in [0.29, 0.717) is 17.7 Å². The zero-order chi connectivity index (χ0) is 25.8. The standard InChI is InChI=1S/C30H41BrN2O3/c1-2-3-4-5-6-7-8-9-10-11-12-13-14-15-29(34)33-32-24-25-16-22-28(23-17-25)36-30(35)26-18-20-27(31)21-19-26/h16-24H,2-15H2,1H3,(H,33,34)/b32-24+. The summed E-state index contributed by atoms with van der Waals surface area (Å²) in [7, 11) is 0. The highest BCUT2D eigenvalue weighted by atomic mass is 79.9. The third-order valence-electron chi connectivity index (χ3n) is 6.08. The van der Waals surface area contributed by atoms with Crippen LogP contribution in [0.4, 0.5) is 0 Å². The van der Waals surface area contributed by atoms with Gasteiger partial charge in [0.2, 0.25) is 5.91 Å². The van der Waals surface area contributed by atoms with Gasteiger partial charge in [0, 0.05) is 10.9 Å². The lowest BCUT2D eigenvalue weighted by Crippen LogP contribution is -2.16. The summed E-state index contributed by atoms with van der Waals surface area (Å²) in [6, 6.07) is 14.0. The van der Waals surface area contributed by atoms with Crippen LogP contribution in [0, 0.1) is 0 Å². The molecule has 2 rings (SSSR count). The van der Waals surface area contributed by atoms with E-state index in [0.717, 1.165) is 22.9 Å². The van der Waals surface area contributed by atoms with Gasteiger partial charge in [0.25, 0.3) is 0 Å². The second-order valence-corrected chi connectivity index (χ2v) is 10.2. The van der Waals surface area contributed by atoms with Gasteiger partial charge in [-0.2, -0.15) is 5.10 Å². The van der Waals surface area contributed by atoms with Gasteiger partial charge in [-0.25, -0.2) is 10.2 Å². The second-order valence-electron chi connectivity index (χ2n) is 9.25. The fourth-order valence-electron chi connectivity index (χ4n) is 3.91. The Morgan fingerprint density at radius 1 is 0.778 bits per heavy atom. The number of amides is 1. The summed E-state index contributed by atoms with van der Waals surface area (Å²) in [5.74, 6) is -0.0229. The molecule has 6 heteroatoms. The molecule has 1 N–H and O–H groups in total. The van der Waals surface area contributed by atoms with Crippen LogP contribution in [0.1, 0.15) is 113 Å². The highest BCUT2D eigenvalue weighted by Gasteiger charge is 2.08. The normalized spacial score (nSPS) is 11.1. The number of carbonyl (C=O) groups excluding carboxylic acids is 2. The summed E-state index contributed by atoms with van der Waals surface area (Å²) < 4.78 is 6.28. The number of rotatable bonds is 18. The second kappa shape index (κ2) is 18.8. The summed E-state index contributed by atoms with van der Waals surface area (Å²) in [5.41, 5.74) is 3.88. The molecule has 0 heterocycles. The number of nitrogens with zero attached hydrogens (tertiary/aromatic N) is 1. The Morgan fingerprint density at radius 3 is 1.86 bits per heavy atom. The Morgan fingerprint density at radius 2 is 1.31 bits per heavy atom. The van der Waals surface area contributed by atoms with Crippen molar-refractivity contribution in [2.45, 2.75) is 96.8 Å². The van der Waals surface area contributed by atoms with Gasteiger partial charge in [0.1, 0.15) is 5.75 Å². The zero-order valence-electron chi connectivity index (χ0n) is 21.6. The van der Waals surface area contributed by atoms with Crippen molar-refractivity contribution in [1.82, 2.24) is 5.43 Å². The molecule has 36 heavy (non-hydrogen) atoms. The average Bonchev–Trinajstić information content (AvgIpc) is 2.88. The van der Waals surface area contributed by atoms with Crippen molar-refractivity contribution in [3.63, 3.8) is 0 Å². The molecule has 0 saturated carbocycles. The lowest BCUT2D eigenvalue weighted by molar-refractivity contribution is -0.121. The molecule has 0 fully saturated rings. The minimum atomic E-state index is -0.413. The first-order valence-electron chi connectivity index (χ1n) is 13.5. The van der Waals surface area contributed by atoms with E-state index in [-0.39, 0.29) is 5.91 Å². The molecule has 0 aliphatic carbocycles. The van der Waals surface area contributed by atoms with E-state index in [2.05, 4.69) is 33.4 Å². The van der Waals surface area contributed by atoms with Crippen LogP contribution in [0.3, 0.4) is 0 Å². The molecule has 0 saturated heterocycles. The van der Waals surface area contributed by atoms with Crippen molar-refractivity contribution in [3.05, 3.63) is 64.1 Å². The van der Waals surface area contributed by atoms with Crippen molar-refractivity contribution in [3.8, 4) is 5.75 Å². The molecular formula is C30H41BrN2O3. The van der Waals surface area contributed by atoms with E-state index in [1.54, 1.807) is 54.7 Å². The number of nitrogens with one attached hydrogen (secondary N) is 1. The number of carbonyl (C=O) groups is 2. The van der Waals surface area contributed by atoms with Crippen LogP contribution in [0.25, 0.3) is 0 Å². The first-order chi connectivity index (χ1) is 17.6. The molecule has 0 unspecified atom stereocenters. The van der Waals surface area contributed by atoms with E-state index in [1.165, 1.54) is 70.6 Å². The molecule has 2 aromatic rings. The van der Waals surface area contributed by atoms with E-state index in [1.807, 2.05) is 0 Å². The van der Waals surface area contributed by atoms with E-state index in [9.17, 15) is 9.59 Å². The Hall–Kier alpha value is -2.47. The van der Waals surface area contributed by atoms with Crippen LogP contribution >= 0.6 is 15.9 Å². The highest BCUT2D eigenvalue weighted by molar-refractivity contribution is 9.10. The van der Waals surface area contributed by atoms with Crippen LogP contribution in [0.15, 0.2) is 58.1 Å². The van der Waals surface area contributed by atoms with E-state index < -0.39 is 5.97 Å².